The van der Waals surface area contributed by atoms with Gasteiger partial charge in [-0.05, 0) is 189 Å². The van der Waals surface area contributed by atoms with Crippen molar-refractivity contribution < 1.29 is 141 Å². The van der Waals surface area contributed by atoms with Crippen LogP contribution in [0.4, 0.5) is 60.0 Å². The number of carboxylic acids is 1. The second kappa shape index (κ2) is 84.0. The number of nitrogen functional groups attached to an aromatic ring is 1. The van der Waals surface area contributed by atoms with Crippen molar-refractivity contribution in [2.45, 2.75) is 105 Å². The number of anilines is 5. The fourth-order valence-corrected chi connectivity index (χ4v) is 10.6. The number of ketones is 2. The smallest absolute Gasteiger partial charge is 0.870 e. The maximum absolute atomic E-state index is 13.3. The third kappa shape index (κ3) is 64.8. The van der Waals surface area contributed by atoms with Crippen LogP contribution in [0.1, 0.15) is 122 Å². The standard InChI is InChI=1S/C17H20FN3O3.C15H14FN3O3.C14H12FN3O4.C12H12FN3O.C9H17NO2.C7H5FN2.C3H3ClO2.CO2.2ClH.I4.I3.I2.HI.Li.H2O.5H2S/c1-17(2,3)24-16(23)21-7-6-11(10-21)15(22)20-13-4-5-14(18)12(8-13)9-19;1-9(20)15(22)19-5-4-10(8-19)14(21)18-12-2-3-13(16)11(6-12)7-17;15-11-2-1-10(5-9(11)6-16)17-12(19)8-3-4-18(7-8)13(20)14(21)22;13-11-2-1-10(5-9(11)6-14)16-12(17)8-3-4-15-7-8;1-9(2,3)12-8(11)10-6-4-5-7-10;8-7-2-1-6(10)3-5(7)4-9;1-2(5)3(4)6;2-1-3;;;1-4(2)3;1-3-2;1-2;;;;;;;;/h4-5,8,11H,6-7,10H2,1-3H3,(H,20,22);2-3,6,10H,4-5,8H2,1H3,(H,18,21);1-2,5,8H,3-4,7H2,(H,17,19)(H,21,22);1-2,5,8,15H,3-4,7H2,(H,16,17);4-7H2,1-3H3;1-3H,10H2;1H3;;2*1H;;;;1H;;6*1H2/q;;;;;;;;;;;-1;;;+1;;;;;;/p-1/t11-;10-;2*8-;;;;;;;;;;;;;;;;;/m0000................./s1. The Morgan fingerprint density at radius 2 is 0.741 bits per heavy atom. The summed E-state index contributed by atoms with van der Waals surface area (Å²) in [5, 5.41) is 64.6. The van der Waals surface area contributed by atoms with Crippen LogP contribution < -0.4 is 64.4 Å². The normalized spacial score (nSPS) is 14.1. The van der Waals surface area contributed by atoms with Crippen LogP contribution in [0.15, 0.2) is 91.0 Å². The number of nitriles is 5. The summed E-state index contributed by atoms with van der Waals surface area (Å²) in [4.78, 5) is 157. The molecular formula is C78H97Cl3F5I10LiN15O18S5-. The number of likely N-dealkylation sites (tertiary alicyclic amines) is 4. The van der Waals surface area contributed by atoms with E-state index in [1.54, 1.807) is 56.0 Å². The number of carboxylic acid groups (broad SMARTS) is 1. The van der Waals surface area contributed by atoms with E-state index in [0.29, 0.717) is 74.9 Å². The molecule has 57 heteroatoms. The van der Waals surface area contributed by atoms with Gasteiger partial charge in [0.1, 0.15) is 70.6 Å². The number of halogens is 18. The second-order valence-electron chi connectivity index (χ2n) is 27.8. The minimum atomic E-state index is -1.56. The van der Waals surface area contributed by atoms with Gasteiger partial charge in [0.2, 0.25) is 35.2 Å². The van der Waals surface area contributed by atoms with E-state index in [9.17, 15) is 79.5 Å². The Bertz CT molecular complexity index is 4750. The van der Waals surface area contributed by atoms with Gasteiger partial charge >= 0.3 is 163 Å². The number of carbonyl (C=O) groups is 12. The summed E-state index contributed by atoms with van der Waals surface area (Å²) in [5.41, 5.74) is 5.59. The van der Waals surface area contributed by atoms with Gasteiger partial charge in [-0.1, -0.05) is 0 Å². The molecule has 10 rings (SSSR count). The van der Waals surface area contributed by atoms with Crippen LogP contribution in [0.5, 0.6) is 0 Å². The zero-order chi connectivity index (χ0) is 95.6. The number of ether oxygens (including phenoxy) is 2. The predicted octanol–water partition coefficient (Wildman–Crippen LogP) is 11.8. The number of nitrogens with zero attached hydrogens (tertiary/aromatic N) is 9. The van der Waals surface area contributed by atoms with Crippen molar-refractivity contribution in [2.75, 3.05) is 92.4 Å². The summed E-state index contributed by atoms with van der Waals surface area (Å²) in [6, 6.07) is 27.5. The molecular weight excluding hydrogens is 3070 g/mol. The summed E-state index contributed by atoms with van der Waals surface area (Å²) in [5.74, 6) is -9.92. The molecule has 5 aliphatic heterocycles. The molecule has 4 atom stereocenters. The van der Waals surface area contributed by atoms with E-state index >= 15 is 0 Å². The largest absolute Gasteiger partial charge is 1.00 e. The van der Waals surface area contributed by atoms with Crippen molar-refractivity contribution in [3.05, 3.63) is 148 Å². The van der Waals surface area contributed by atoms with E-state index < -0.39 is 93.1 Å². The van der Waals surface area contributed by atoms with Crippen LogP contribution in [0.2, 0.25) is 0 Å². The zero-order valence-electron chi connectivity index (χ0n) is 72.7. The van der Waals surface area contributed by atoms with Gasteiger partial charge in [0.05, 0.1) is 51.5 Å². The number of hydrogen-bond acceptors (Lipinski definition) is 24. The molecule has 5 heterocycles. The maximum atomic E-state index is 13.3. The number of rotatable bonds is 10. The molecule has 0 aliphatic carbocycles. The number of aliphatic carboxylic acids is 1. The maximum Gasteiger partial charge on any atom is 1.00 e. The molecule has 0 aromatic heterocycles. The van der Waals surface area contributed by atoms with Crippen molar-refractivity contribution in [3.8, 4) is 30.3 Å². The Kier molecular flexibility index (Phi) is 96.1. The number of hydrogen-bond donors (Lipinski definition) is 7. The molecule has 5 saturated heterocycles. The average molecular weight is 3170 g/mol. The topological polar surface area (TPSA) is 526 Å². The second-order valence-corrected chi connectivity index (χ2v) is 93.1. The van der Waals surface area contributed by atoms with Crippen molar-refractivity contribution in [3.63, 3.8) is 0 Å². The van der Waals surface area contributed by atoms with Crippen LogP contribution in [-0.4, -0.2) is 183 Å². The number of Topliss-reactive ketones (excluding diaryl/α,β-unsaturated/α-hetero) is 2. The van der Waals surface area contributed by atoms with E-state index in [1.807, 2.05) is 20.8 Å². The summed E-state index contributed by atoms with van der Waals surface area (Å²) in [6.07, 6.45) is 3.99. The number of amides is 8. The monoisotopic (exact) mass is 3170 g/mol. The first-order valence-corrected chi connectivity index (χ1v) is 74.1. The number of carbonyl (C=O) groups excluding carboxylic acids is 13. The van der Waals surface area contributed by atoms with Crippen LogP contribution in [0.3, 0.4) is 0 Å². The molecule has 33 nitrogen and oxygen atoms in total. The zero-order valence-corrected chi connectivity index (χ0v) is 102. The van der Waals surface area contributed by atoms with Gasteiger partial charge in [0.25, 0.3) is 11.1 Å². The molecule has 5 aromatic rings. The fourth-order valence-electron chi connectivity index (χ4n) is 10.6. The quantitative estimate of drug-likeness (QED) is 0.0170. The number of benzene rings is 5. The van der Waals surface area contributed by atoms with E-state index in [4.69, 9.17) is 56.2 Å². The first-order chi connectivity index (χ1) is 58.7. The van der Waals surface area contributed by atoms with Gasteiger partial charge in [-0.15, -0.1) is 48.8 Å². The van der Waals surface area contributed by atoms with Gasteiger partial charge in [0, 0.05) is 138 Å². The first kappa shape index (κ1) is 154. The first-order valence-electron chi connectivity index (χ1n) is 36.0. The number of nitrogens with one attached hydrogen (secondary N) is 5. The SMILES string of the molecule is CC(=O)C(=O)Cl.CC(=O)C(=O)N1CC[C@H](C(=O)Nc2ccc(F)c(C#N)c2)C1.CC(C)(C)OC(=O)N1CCCC1.CC(C)(C)OC(=O)N1CC[C@H](C(=O)Nc2ccc(F)c(C#N)c2)C1.Cl.Cl.I.II.II(I)I.I[I-]I.N#Cc1cc(N)ccc1F.N#Cc1cc(NC(=O)[C@H]2CCN(C(=O)C(=O)O)C2)ccc1F.N#Cc1cc(NC(=O)[C@H]2CCNC2)ccc1F.O=C=O.S.S.S.S.S.[Li+].[OH-]. The van der Waals surface area contributed by atoms with Gasteiger partial charge in [-0.3, -0.25) is 43.2 Å². The molecule has 8 amide bonds. The molecule has 0 radical (unpaired) electrons. The minimum Gasteiger partial charge on any atom is -0.870 e. The average Bonchev–Trinajstić information content (AvgIpc) is 1.71. The van der Waals surface area contributed by atoms with Crippen LogP contribution >= 0.6 is 266 Å². The Labute approximate surface area is 949 Å². The van der Waals surface area contributed by atoms with Crippen LogP contribution in [0.25, 0.3) is 0 Å². The van der Waals surface area contributed by atoms with Crippen LogP contribution in [0, 0.1) is 109 Å². The fraction of sp³-hybridized carbons (Fsp3) is 0.385. The van der Waals surface area contributed by atoms with Crippen molar-refractivity contribution in [1.82, 2.24) is 24.9 Å². The molecule has 9 N–H and O–H groups in total. The molecule has 135 heavy (non-hydrogen) atoms. The molecule has 0 unspecified atom stereocenters. The Hall–Kier alpha value is -3.34. The Morgan fingerprint density at radius 3 is 0.985 bits per heavy atom. The van der Waals surface area contributed by atoms with Gasteiger partial charge in [-0.2, -0.15) is 103 Å². The molecule has 5 aromatic carbocycles. The molecule has 5 fully saturated rings. The van der Waals surface area contributed by atoms with Gasteiger partial charge in [0.15, 0.2) is 0 Å². The third-order valence-electron chi connectivity index (χ3n) is 16.4. The molecule has 0 spiro atoms. The van der Waals surface area contributed by atoms with E-state index in [2.05, 4.69) is 168 Å². The predicted molar refractivity (Wildman–Crippen MR) is 599 cm³/mol. The summed E-state index contributed by atoms with van der Waals surface area (Å²) in [7, 11) is -0.353. The summed E-state index contributed by atoms with van der Waals surface area (Å²) >= 11 is 21.6. The van der Waals surface area contributed by atoms with E-state index in [-0.39, 0.29) is 256 Å². The minimum absolute atomic E-state index is 0. The van der Waals surface area contributed by atoms with Crippen molar-refractivity contribution >= 4 is 371 Å². The van der Waals surface area contributed by atoms with Crippen LogP contribution in [-0.2, 0) is 67.0 Å². The summed E-state index contributed by atoms with van der Waals surface area (Å²) in [6.45, 7) is 18.0. The van der Waals surface area contributed by atoms with E-state index in [1.165, 1.54) is 89.5 Å². The number of nitrogens with two attached hydrogens (primary N) is 1. The summed E-state index contributed by atoms with van der Waals surface area (Å²) < 4.78 is 75.7. The third-order valence-corrected chi connectivity index (χ3v) is 16.6. The molecule has 0 saturated carbocycles. The Balaban J connectivity index is -0.000000146. The molecule has 0 bridgehead atoms. The van der Waals surface area contributed by atoms with E-state index in [0.717, 1.165) is 68.9 Å². The molecule has 5 aliphatic rings. The Morgan fingerprint density at radius 1 is 0.489 bits per heavy atom. The van der Waals surface area contributed by atoms with Crippen molar-refractivity contribution in [2.24, 2.45) is 23.7 Å². The molecule has 750 valence electrons. The van der Waals surface area contributed by atoms with Gasteiger partial charge in [-0.25, -0.2) is 36.3 Å². The van der Waals surface area contributed by atoms with Gasteiger partial charge < -0.3 is 72.0 Å². The van der Waals surface area contributed by atoms with Crippen molar-refractivity contribution in [1.29, 1.82) is 26.3 Å².